The highest BCUT2D eigenvalue weighted by Gasteiger charge is 2.41. The molecule has 2 fully saturated rings. The number of cyclic esters (lactones) is 1. The van der Waals surface area contributed by atoms with Gasteiger partial charge in [0.2, 0.25) is 5.91 Å². The molecule has 3 aliphatic rings. The number of hydrogen-bond donors (Lipinski definition) is 3. The minimum Gasteiger partial charge on any atom is -0.460 e. The summed E-state index contributed by atoms with van der Waals surface area (Å²) in [6, 6.07) is -0.798. The Balaban J connectivity index is 1.88. The molecule has 2 heterocycles. The van der Waals surface area contributed by atoms with Crippen LogP contribution in [0.3, 0.4) is 0 Å². The van der Waals surface area contributed by atoms with Crippen molar-refractivity contribution in [2.75, 3.05) is 13.7 Å². The van der Waals surface area contributed by atoms with Crippen LogP contribution in [0.4, 0.5) is 0 Å². The molecular formula is C50H81NO9. The molecule has 2 aliphatic heterocycles. The van der Waals surface area contributed by atoms with Crippen molar-refractivity contribution in [1.29, 1.82) is 0 Å². The quantitative estimate of drug-likeness (QED) is 0.187. The molecule has 1 saturated heterocycles. The van der Waals surface area contributed by atoms with Gasteiger partial charge in [0.25, 0.3) is 0 Å². The molecule has 10 heteroatoms. The highest BCUT2D eigenvalue weighted by atomic mass is 16.5. The highest BCUT2D eigenvalue weighted by Crippen LogP contribution is 2.34. The normalized spacial score (nSPS) is 39.5. The van der Waals surface area contributed by atoms with Gasteiger partial charge in [0.15, 0.2) is 0 Å². The van der Waals surface area contributed by atoms with Gasteiger partial charge in [-0.2, -0.15) is 0 Å². The molecule has 3 rings (SSSR count). The van der Waals surface area contributed by atoms with E-state index in [1.807, 2.05) is 39.0 Å². The van der Waals surface area contributed by atoms with Crippen molar-refractivity contribution in [2.45, 2.75) is 188 Å². The molecule has 0 bridgehead atoms. The van der Waals surface area contributed by atoms with E-state index in [4.69, 9.17) is 9.47 Å². The minimum atomic E-state index is -1.28. The Morgan fingerprint density at radius 3 is 2.22 bits per heavy atom. The van der Waals surface area contributed by atoms with Crippen molar-refractivity contribution in [1.82, 2.24) is 4.90 Å². The van der Waals surface area contributed by atoms with Crippen molar-refractivity contribution in [3.8, 4) is 0 Å². The summed E-state index contributed by atoms with van der Waals surface area (Å²) in [6.07, 6.45) is 17.6. The summed E-state index contributed by atoms with van der Waals surface area (Å²) in [6.45, 7) is 17.8. The molecule has 1 unspecified atom stereocenters. The molecule has 11 atom stereocenters. The smallest absolute Gasteiger partial charge is 0.329 e. The number of rotatable bonds is 4. The maximum atomic E-state index is 14.0. The summed E-state index contributed by atoms with van der Waals surface area (Å²) in [5.74, 6) is -1.37. The highest BCUT2D eigenvalue weighted by molar-refractivity contribution is 5.87. The molecule has 0 aromatic rings. The number of ketones is 2. The topological polar surface area (TPSA) is 151 Å². The molecule has 0 aromatic carbocycles. The fourth-order valence-corrected chi connectivity index (χ4v) is 9.27. The number of carbonyl (C=O) groups is 4. The summed E-state index contributed by atoms with van der Waals surface area (Å²) >= 11 is 0. The Morgan fingerprint density at radius 1 is 0.867 bits per heavy atom. The molecule has 1 saturated carbocycles. The SMILES string of the molecule is CO[C@H]1C[C@@H](C)CC[C@@H](C)[C@](C)(O)CC(=O)N2CCCC2C(=O)O[C@H]([C@H](C)C[C@H]2CC[C@H](O)CC2)CC(=O)[C@H](C)/C=C(\C)[C@@H](O)CC(=O)[C@H](C)C[C@H](C)/C=C/C=C/C=C/1C. The lowest BCUT2D eigenvalue weighted by atomic mass is 9.79. The van der Waals surface area contributed by atoms with E-state index in [1.54, 1.807) is 38.9 Å². The van der Waals surface area contributed by atoms with Gasteiger partial charge in [-0.05, 0) is 126 Å². The van der Waals surface area contributed by atoms with E-state index in [9.17, 15) is 34.5 Å². The van der Waals surface area contributed by atoms with Crippen molar-refractivity contribution in [2.24, 2.45) is 41.4 Å². The van der Waals surface area contributed by atoms with E-state index < -0.39 is 35.7 Å². The van der Waals surface area contributed by atoms with Crippen LogP contribution in [0.1, 0.15) is 152 Å². The van der Waals surface area contributed by atoms with E-state index in [0.717, 1.165) is 56.9 Å². The maximum absolute atomic E-state index is 14.0. The Hall–Kier alpha value is -2.92. The summed E-state index contributed by atoms with van der Waals surface area (Å²) in [5.41, 5.74) is 0.372. The number of nitrogens with zero attached hydrogens (tertiary/aromatic N) is 1. The molecule has 0 radical (unpaired) electrons. The van der Waals surface area contributed by atoms with Crippen LogP contribution >= 0.6 is 0 Å². The number of aliphatic hydroxyl groups excluding tert-OH is 2. The van der Waals surface area contributed by atoms with Gasteiger partial charge in [-0.3, -0.25) is 14.4 Å². The van der Waals surface area contributed by atoms with Crippen molar-refractivity contribution in [3.63, 3.8) is 0 Å². The van der Waals surface area contributed by atoms with Crippen molar-refractivity contribution >= 4 is 23.4 Å². The van der Waals surface area contributed by atoms with E-state index in [-0.39, 0.29) is 72.6 Å². The number of carbonyl (C=O) groups excluding carboxylic acids is 4. The molecule has 60 heavy (non-hydrogen) atoms. The Labute approximate surface area is 362 Å². The largest absolute Gasteiger partial charge is 0.460 e. The van der Waals surface area contributed by atoms with Crippen LogP contribution in [0.25, 0.3) is 0 Å². The van der Waals surface area contributed by atoms with E-state index in [1.165, 1.54) is 0 Å². The first-order valence-corrected chi connectivity index (χ1v) is 23.1. The second kappa shape index (κ2) is 24.6. The summed E-state index contributed by atoms with van der Waals surface area (Å²) in [5, 5.41) is 32.8. The molecule has 3 N–H and O–H groups in total. The maximum Gasteiger partial charge on any atom is 0.329 e. The Kier molecular flexibility index (Phi) is 21.1. The fourth-order valence-electron chi connectivity index (χ4n) is 9.27. The first kappa shape index (κ1) is 51.4. The molecule has 1 amide bonds. The molecule has 1 aliphatic carbocycles. The van der Waals surface area contributed by atoms with Crippen LogP contribution in [0.5, 0.6) is 0 Å². The summed E-state index contributed by atoms with van der Waals surface area (Å²) < 4.78 is 12.1. The van der Waals surface area contributed by atoms with Crippen molar-refractivity contribution < 1.29 is 44.0 Å². The number of amides is 1. The summed E-state index contributed by atoms with van der Waals surface area (Å²) in [4.78, 5) is 56.5. The lowest BCUT2D eigenvalue weighted by Gasteiger charge is -2.34. The number of ether oxygens (including phenoxy) is 2. The monoisotopic (exact) mass is 840 g/mol. The van der Waals surface area contributed by atoms with Gasteiger partial charge in [0.1, 0.15) is 23.7 Å². The minimum absolute atomic E-state index is 0.0219. The van der Waals surface area contributed by atoms with Crippen LogP contribution in [0.2, 0.25) is 0 Å². The number of esters is 1. The lowest BCUT2D eigenvalue weighted by molar-refractivity contribution is -0.163. The number of allylic oxidation sites excluding steroid dienone is 6. The fraction of sp³-hybridized carbons (Fsp3) is 0.760. The average Bonchev–Trinajstić information content (AvgIpc) is 3.69. The zero-order valence-electron chi connectivity index (χ0n) is 38.7. The predicted molar refractivity (Wildman–Crippen MR) is 238 cm³/mol. The van der Waals surface area contributed by atoms with Gasteiger partial charge in [0, 0.05) is 38.3 Å². The number of Topliss-reactive ketones (excluding diaryl/α,β-unsaturated/α-hetero) is 2. The average molecular weight is 840 g/mol. The first-order valence-electron chi connectivity index (χ1n) is 23.1. The third-order valence-electron chi connectivity index (χ3n) is 14.0. The van der Waals surface area contributed by atoms with Gasteiger partial charge in [-0.1, -0.05) is 84.4 Å². The van der Waals surface area contributed by atoms with E-state index in [2.05, 4.69) is 32.9 Å². The summed E-state index contributed by atoms with van der Waals surface area (Å²) in [7, 11) is 1.72. The van der Waals surface area contributed by atoms with Crippen LogP contribution in [0, 0.1) is 41.4 Å². The Morgan fingerprint density at radius 2 is 1.55 bits per heavy atom. The van der Waals surface area contributed by atoms with Crippen LogP contribution in [-0.2, 0) is 28.7 Å². The molecule has 0 aromatic heterocycles. The van der Waals surface area contributed by atoms with Crippen LogP contribution in [0.15, 0.2) is 47.6 Å². The van der Waals surface area contributed by atoms with Gasteiger partial charge < -0.3 is 29.7 Å². The van der Waals surface area contributed by atoms with E-state index in [0.29, 0.717) is 43.2 Å². The second-order valence-corrected chi connectivity index (χ2v) is 19.5. The van der Waals surface area contributed by atoms with Crippen LogP contribution in [-0.4, -0.2) is 93.4 Å². The number of methoxy groups -OCH3 is 1. The molecule has 340 valence electrons. The van der Waals surface area contributed by atoms with E-state index >= 15 is 0 Å². The van der Waals surface area contributed by atoms with Gasteiger partial charge in [-0.15, -0.1) is 0 Å². The zero-order valence-corrected chi connectivity index (χ0v) is 38.7. The third-order valence-corrected chi connectivity index (χ3v) is 14.0. The number of hydrogen-bond acceptors (Lipinski definition) is 9. The molecule has 10 nitrogen and oxygen atoms in total. The van der Waals surface area contributed by atoms with Gasteiger partial charge in [-0.25, -0.2) is 4.79 Å². The first-order chi connectivity index (χ1) is 28.2. The van der Waals surface area contributed by atoms with Gasteiger partial charge >= 0.3 is 5.97 Å². The Bertz CT molecular complexity index is 1520. The molecular weight excluding hydrogens is 759 g/mol. The van der Waals surface area contributed by atoms with Crippen molar-refractivity contribution in [3.05, 3.63) is 47.6 Å². The second-order valence-electron chi connectivity index (χ2n) is 19.5. The van der Waals surface area contributed by atoms with Gasteiger partial charge in [0.05, 0.1) is 30.3 Å². The lowest BCUT2D eigenvalue weighted by Crippen LogP contribution is -2.47. The molecule has 0 spiro atoms. The standard InChI is InChI=1S/C50H81NO9/c1-32-15-12-11-13-16-34(3)46(59-10)26-33(2)18-19-39(8)50(9,58)31-48(56)51-24-14-17-42(51)49(57)60-47(38(7)28-40-20-22-41(52)23-21-40)30-45(55)37(6)27-36(5)44(54)29-43(53)35(4)25-32/h11-13,15-16,27,32-33,35,37-42,44,46-47,52,54,58H,14,17-26,28-31H2,1-10H3/b13-11+,15-12+,34-16+,36-27+/t32-,33+,35-,37-,38-,39-,40-,41-,42?,44+,46+,47+,50-/m1/s1. The third kappa shape index (κ3) is 16.4. The zero-order chi connectivity index (χ0) is 44.7. The van der Waals surface area contributed by atoms with Crippen LogP contribution < -0.4 is 0 Å². The predicted octanol–water partition coefficient (Wildman–Crippen LogP) is 8.66. The number of fused-ring (bicyclic) bond motifs is 1. The number of aliphatic hydroxyl groups is 3.